The highest BCUT2D eigenvalue weighted by Crippen LogP contribution is 2.19. The fourth-order valence-electron chi connectivity index (χ4n) is 2.41. The summed E-state index contributed by atoms with van der Waals surface area (Å²) in [6, 6.07) is 3.63. The lowest BCUT2D eigenvalue weighted by molar-refractivity contribution is -0.137. The number of hydrogen-bond donors (Lipinski definition) is 1. The van der Waals surface area contributed by atoms with Gasteiger partial charge in [0.25, 0.3) is 5.91 Å². The van der Waals surface area contributed by atoms with Crippen LogP contribution in [0.25, 0.3) is 0 Å². The van der Waals surface area contributed by atoms with Gasteiger partial charge in [0.1, 0.15) is 6.54 Å². The Morgan fingerprint density at radius 1 is 1.46 bits per heavy atom. The maximum Gasteiger partial charge on any atom is 0.318 e. The van der Waals surface area contributed by atoms with Crippen molar-refractivity contribution in [1.29, 1.82) is 0 Å². The van der Waals surface area contributed by atoms with Crippen LogP contribution in [0.15, 0.2) is 12.1 Å². The van der Waals surface area contributed by atoms with Gasteiger partial charge in [0.2, 0.25) is 10.0 Å². The van der Waals surface area contributed by atoms with E-state index in [1.165, 1.54) is 11.3 Å². The molecule has 1 aliphatic rings. The average molecular weight is 376 g/mol. The number of carboxylic acids is 1. The number of aryl methyl sites for hydroxylation is 1. The number of carbonyl (C=O) groups excluding carboxylic acids is 1. The summed E-state index contributed by atoms with van der Waals surface area (Å²) in [6.45, 7) is 2.12. The van der Waals surface area contributed by atoms with Crippen molar-refractivity contribution in [3.05, 3.63) is 21.9 Å². The molecule has 1 fully saturated rings. The zero-order chi connectivity index (χ0) is 17.9. The van der Waals surface area contributed by atoms with Crippen LogP contribution in [-0.2, 0) is 19.6 Å². The fourth-order valence-corrected chi connectivity index (χ4v) is 4.03. The molecule has 1 atom stereocenters. The third-order valence-corrected chi connectivity index (χ3v) is 5.77. The van der Waals surface area contributed by atoms with Crippen molar-refractivity contribution in [2.24, 2.45) is 0 Å². The molecule has 1 aromatic rings. The van der Waals surface area contributed by atoms with Crippen LogP contribution < -0.4 is 0 Å². The van der Waals surface area contributed by atoms with Gasteiger partial charge in [0, 0.05) is 24.5 Å². The Bertz CT molecular complexity index is 715. The van der Waals surface area contributed by atoms with Gasteiger partial charge in [-0.1, -0.05) is 0 Å². The molecule has 1 aromatic heterocycles. The van der Waals surface area contributed by atoms with Gasteiger partial charge in [-0.25, -0.2) is 8.42 Å². The molecule has 8 nitrogen and oxygen atoms in total. The molecule has 0 unspecified atom stereocenters. The van der Waals surface area contributed by atoms with E-state index in [1.807, 2.05) is 13.0 Å². The monoisotopic (exact) mass is 376 g/mol. The number of sulfonamides is 1. The SMILES string of the molecule is Cc1ccc(C(=O)N2CCO[C@@H](CN(CC(=O)O)S(C)(=O)=O)C2)s1. The Balaban J connectivity index is 2.04. The molecule has 0 aliphatic carbocycles. The number of aliphatic carboxylic acids is 1. The van der Waals surface area contributed by atoms with Gasteiger partial charge < -0.3 is 14.7 Å². The summed E-state index contributed by atoms with van der Waals surface area (Å²) in [5, 5.41) is 8.86. The van der Waals surface area contributed by atoms with E-state index >= 15 is 0 Å². The molecule has 134 valence electrons. The first-order valence-electron chi connectivity index (χ1n) is 7.31. The fraction of sp³-hybridized carbons (Fsp3) is 0.571. The van der Waals surface area contributed by atoms with Crippen LogP contribution in [0.1, 0.15) is 14.5 Å². The molecule has 1 amide bonds. The minimum atomic E-state index is -3.67. The number of carbonyl (C=O) groups is 2. The minimum Gasteiger partial charge on any atom is -0.480 e. The number of carboxylic acid groups (broad SMARTS) is 1. The van der Waals surface area contributed by atoms with Gasteiger partial charge in [0.15, 0.2) is 0 Å². The molecule has 0 radical (unpaired) electrons. The first-order valence-corrected chi connectivity index (χ1v) is 9.97. The van der Waals surface area contributed by atoms with Gasteiger partial charge in [-0.3, -0.25) is 9.59 Å². The molecule has 0 bridgehead atoms. The van der Waals surface area contributed by atoms with Crippen molar-refractivity contribution < 1.29 is 27.9 Å². The molecular weight excluding hydrogens is 356 g/mol. The molecule has 2 rings (SSSR count). The van der Waals surface area contributed by atoms with Gasteiger partial charge in [0.05, 0.1) is 23.8 Å². The van der Waals surface area contributed by atoms with E-state index in [4.69, 9.17) is 9.84 Å². The molecule has 0 spiro atoms. The number of nitrogens with zero attached hydrogens (tertiary/aromatic N) is 2. The Morgan fingerprint density at radius 3 is 2.71 bits per heavy atom. The summed E-state index contributed by atoms with van der Waals surface area (Å²) in [5.74, 6) is -1.36. The average Bonchev–Trinajstić information content (AvgIpc) is 2.91. The van der Waals surface area contributed by atoms with Gasteiger partial charge in [-0.2, -0.15) is 4.31 Å². The lowest BCUT2D eigenvalue weighted by Gasteiger charge is -2.34. The largest absolute Gasteiger partial charge is 0.480 e. The van der Waals surface area contributed by atoms with Crippen LogP contribution in [0.4, 0.5) is 0 Å². The van der Waals surface area contributed by atoms with Crippen LogP contribution in [0.5, 0.6) is 0 Å². The highest BCUT2D eigenvalue weighted by Gasteiger charge is 2.30. The Morgan fingerprint density at radius 2 is 2.17 bits per heavy atom. The topological polar surface area (TPSA) is 104 Å². The number of ether oxygens (including phenoxy) is 1. The van der Waals surface area contributed by atoms with Gasteiger partial charge >= 0.3 is 5.97 Å². The highest BCUT2D eigenvalue weighted by molar-refractivity contribution is 7.88. The third kappa shape index (κ3) is 5.00. The molecule has 1 aliphatic heterocycles. The minimum absolute atomic E-state index is 0.0988. The normalized spacial score (nSPS) is 18.8. The number of rotatable bonds is 6. The highest BCUT2D eigenvalue weighted by atomic mass is 32.2. The Kier molecular flexibility index (Phi) is 5.97. The van der Waals surface area contributed by atoms with Gasteiger partial charge in [-0.15, -0.1) is 11.3 Å². The zero-order valence-electron chi connectivity index (χ0n) is 13.5. The van der Waals surface area contributed by atoms with Crippen LogP contribution in [-0.4, -0.2) is 79.8 Å². The number of amides is 1. The predicted molar refractivity (Wildman–Crippen MR) is 88.8 cm³/mol. The quantitative estimate of drug-likeness (QED) is 0.763. The summed E-state index contributed by atoms with van der Waals surface area (Å²) in [6.07, 6.45) is 0.397. The molecule has 24 heavy (non-hydrogen) atoms. The summed E-state index contributed by atoms with van der Waals surface area (Å²) < 4.78 is 29.8. The molecule has 1 saturated heterocycles. The second kappa shape index (κ2) is 7.60. The van der Waals surface area contributed by atoms with Crippen molar-refractivity contribution in [1.82, 2.24) is 9.21 Å². The number of hydrogen-bond acceptors (Lipinski definition) is 6. The van der Waals surface area contributed by atoms with Gasteiger partial charge in [-0.05, 0) is 19.1 Å². The lowest BCUT2D eigenvalue weighted by Crippen LogP contribution is -2.51. The van der Waals surface area contributed by atoms with Crippen LogP contribution >= 0.6 is 11.3 Å². The van der Waals surface area contributed by atoms with Crippen molar-refractivity contribution in [3.63, 3.8) is 0 Å². The van der Waals surface area contributed by atoms with E-state index in [0.29, 0.717) is 11.4 Å². The van der Waals surface area contributed by atoms with E-state index in [1.54, 1.807) is 11.0 Å². The molecule has 2 heterocycles. The zero-order valence-corrected chi connectivity index (χ0v) is 15.1. The lowest BCUT2D eigenvalue weighted by atomic mass is 10.2. The third-order valence-electron chi connectivity index (χ3n) is 3.57. The summed E-state index contributed by atoms with van der Waals surface area (Å²) in [5.41, 5.74) is 0. The van der Waals surface area contributed by atoms with Crippen LogP contribution in [0, 0.1) is 6.92 Å². The second-order valence-electron chi connectivity index (χ2n) is 5.60. The van der Waals surface area contributed by atoms with E-state index in [0.717, 1.165) is 15.4 Å². The van der Waals surface area contributed by atoms with Crippen molar-refractivity contribution >= 4 is 33.2 Å². The Hall–Kier alpha value is -1.49. The van der Waals surface area contributed by atoms with E-state index in [2.05, 4.69) is 0 Å². The molecular formula is C14H20N2O6S2. The standard InChI is InChI=1S/C14H20N2O6S2/c1-10-3-4-12(23-10)14(19)15-5-6-22-11(7-15)8-16(9-13(17)18)24(2,20)21/h3-4,11H,5-9H2,1-2H3,(H,17,18)/t11-/m1/s1. The summed E-state index contributed by atoms with van der Waals surface area (Å²) in [7, 11) is -3.67. The molecule has 1 N–H and O–H groups in total. The predicted octanol–water partition coefficient (Wildman–Crippen LogP) is 0.244. The van der Waals surface area contributed by atoms with E-state index in [9.17, 15) is 18.0 Å². The summed E-state index contributed by atoms with van der Waals surface area (Å²) >= 11 is 1.40. The number of morpholine rings is 1. The molecule has 10 heteroatoms. The molecule has 0 saturated carbocycles. The maximum absolute atomic E-state index is 12.5. The first-order chi connectivity index (χ1) is 11.2. The first kappa shape index (κ1) is 18.8. The van der Waals surface area contributed by atoms with Crippen LogP contribution in [0.3, 0.4) is 0 Å². The molecule has 0 aromatic carbocycles. The Labute approximate surface area is 144 Å². The van der Waals surface area contributed by atoms with E-state index in [-0.39, 0.29) is 25.6 Å². The van der Waals surface area contributed by atoms with Crippen molar-refractivity contribution in [2.45, 2.75) is 13.0 Å². The maximum atomic E-state index is 12.5. The van der Waals surface area contributed by atoms with Crippen LogP contribution in [0.2, 0.25) is 0 Å². The van der Waals surface area contributed by atoms with Crippen molar-refractivity contribution in [2.75, 3.05) is 39.0 Å². The van der Waals surface area contributed by atoms with Crippen molar-refractivity contribution in [3.8, 4) is 0 Å². The smallest absolute Gasteiger partial charge is 0.318 e. The number of thiophene rings is 1. The second-order valence-corrected chi connectivity index (χ2v) is 8.87. The summed E-state index contributed by atoms with van der Waals surface area (Å²) in [4.78, 5) is 26.6. The van der Waals surface area contributed by atoms with E-state index < -0.39 is 28.6 Å².